The molecule has 126 valence electrons. The highest BCUT2D eigenvalue weighted by Gasteiger charge is 2.25. The maximum absolute atomic E-state index is 12.5. The average Bonchev–Trinajstić information content (AvgIpc) is 2.60. The molecule has 1 saturated carbocycles. The summed E-state index contributed by atoms with van der Waals surface area (Å²) in [4.78, 5) is 24.1. The van der Waals surface area contributed by atoms with E-state index in [0.29, 0.717) is 18.6 Å². The van der Waals surface area contributed by atoms with Crippen molar-refractivity contribution < 1.29 is 9.59 Å². The Hall–Kier alpha value is -1.15. The zero-order chi connectivity index (χ0) is 16.7. The minimum absolute atomic E-state index is 0.151. The van der Waals surface area contributed by atoms with Crippen LogP contribution in [0.4, 0.5) is 0 Å². The number of alkyl halides is 1. The number of carbonyl (C=O) groups is 2. The van der Waals surface area contributed by atoms with Crippen LogP contribution in [0.25, 0.3) is 0 Å². The van der Waals surface area contributed by atoms with Crippen LogP contribution in [-0.4, -0.2) is 17.4 Å². The van der Waals surface area contributed by atoms with Crippen molar-refractivity contribution >= 4 is 23.2 Å². The van der Waals surface area contributed by atoms with Crippen molar-refractivity contribution in [2.45, 2.75) is 58.3 Å². The van der Waals surface area contributed by atoms with Crippen LogP contribution in [0.5, 0.6) is 0 Å². The largest absolute Gasteiger partial charge is 0.299 e. The first kappa shape index (κ1) is 18.2. The number of ketones is 2. The fraction of sp³-hybridized carbons (Fsp3) is 0.600. The van der Waals surface area contributed by atoms with Crippen molar-refractivity contribution in [3.8, 4) is 0 Å². The lowest BCUT2D eigenvalue weighted by Gasteiger charge is -2.27. The van der Waals surface area contributed by atoms with Crippen LogP contribution < -0.4 is 0 Å². The van der Waals surface area contributed by atoms with Crippen molar-refractivity contribution in [3.05, 3.63) is 35.4 Å². The van der Waals surface area contributed by atoms with Gasteiger partial charge in [0.15, 0.2) is 5.78 Å². The van der Waals surface area contributed by atoms with Crippen LogP contribution in [0.2, 0.25) is 0 Å². The van der Waals surface area contributed by atoms with E-state index in [1.54, 1.807) is 0 Å². The molecule has 0 bridgehead atoms. The first-order valence-electron chi connectivity index (χ1n) is 8.84. The van der Waals surface area contributed by atoms with Gasteiger partial charge in [-0.25, -0.2) is 0 Å². The Morgan fingerprint density at radius 3 is 2.30 bits per heavy atom. The molecule has 2 nitrogen and oxygen atoms in total. The van der Waals surface area contributed by atoms with E-state index in [0.717, 1.165) is 55.0 Å². The van der Waals surface area contributed by atoms with Gasteiger partial charge in [0.2, 0.25) is 0 Å². The molecule has 0 amide bonds. The number of hydrogen-bond donors (Lipinski definition) is 0. The quantitative estimate of drug-likeness (QED) is 0.482. The van der Waals surface area contributed by atoms with E-state index in [9.17, 15) is 9.59 Å². The summed E-state index contributed by atoms with van der Waals surface area (Å²) in [6, 6.07) is 7.54. The van der Waals surface area contributed by atoms with E-state index in [4.69, 9.17) is 11.6 Å². The molecule has 0 heterocycles. The summed E-state index contributed by atoms with van der Waals surface area (Å²) in [6.07, 6.45) is 7.69. The molecule has 0 radical (unpaired) electrons. The monoisotopic (exact) mass is 334 g/mol. The van der Waals surface area contributed by atoms with E-state index in [-0.39, 0.29) is 11.7 Å². The zero-order valence-electron chi connectivity index (χ0n) is 14.0. The van der Waals surface area contributed by atoms with Crippen molar-refractivity contribution in [3.63, 3.8) is 0 Å². The van der Waals surface area contributed by atoms with Crippen LogP contribution in [0.1, 0.15) is 67.8 Å². The Kier molecular flexibility index (Phi) is 7.29. The minimum Gasteiger partial charge on any atom is -0.299 e. The molecule has 0 saturated heterocycles. The molecule has 0 N–H and O–H groups in total. The Morgan fingerprint density at radius 2 is 1.74 bits per heavy atom. The van der Waals surface area contributed by atoms with Crippen molar-refractivity contribution in [2.75, 3.05) is 5.88 Å². The lowest BCUT2D eigenvalue weighted by atomic mass is 9.77. The van der Waals surface area contributed by atoms with E-state index in [2.05, 4.69) is 0 Å². The van der Waals surface area contributed by atoms with Crippen molar-refractivity contribution in [2.24, 2.45) is 11.8 Å². The first-order chi connectivity index (χ1) is 11.1. The fourth-order valence-electron chi connectivity index (χ4n) is 3.50. The van der Waals surface area contributed by atoms with Crippen LogP contribution >= 0.6 is 11.6 Å². The maximum atomic E-state index is 12.5. The molecule has 0 atom stereocenters. The van der Waals surface area contributed by atoms with Gasteiger partial charge in [-0.1, -0.05) is 31.2 Å². The van der Waals surface area contributed by atoms with Gasteiger partial charge in [0.1, 0.15) is 5.78 Å². The minimum atomic E-state index is 0.151. The zero-order valence-corrected chi connectivity index (χ0v) is 14.8. The number of benzene rings is 1. The molecular weight excluding hydrogens is 308 g/mol. The lowest BCUT2D eigenvalue weighted by Crippen LogP contribution is -2.23. The molecule has 2 rings (SSSR count). The summed E-state index contributed by atoms with van der Waals surface area (Å²) in [5.74, 6) is 2.24. The van der Waals surface area contributed by atoms with Crippen molar-refractivity contribution in [1.29, 1.82) is 0 Å². The predicted molar refractivity (Wildman–Crippen MR) is 95.2 cm³/mol. The van der Waals surface area contributed by atoms with E-state index >= 15 is 0 Å². The van der Waals surface area contributed by atoms with Crippen LogP contribution in [0.15, 0.2) is 24.3 Å². The second kappa shape index (κ2) is 9.22. The normalized spacial score (nSPS) is 21.1. The molecule has 1 aliphatic carbocycles. The molecule has 23 heavy (non-hydrogen) atoms. The van der Waals surface area contributed by atoms with E-state index < -0.39 is 0 Å². The second-order valence-electron chi connectivity index (χ2n) is 6.67. The predicted octanol–water partition coefficient (Wildman–Crippen LogP) is 5.22. The summed E-state index contributed by atoms with van der Waals surface area (Å²) in [6.45, 7) is 1.86. The van der Waals surface area contributed by atoms with Gasteiger partial charge in [-0.05, 0) is 50.0 Å². The highest BCUT2D eigenvalue weighted by Crippen LogP contribution is 2.32. The Balaban J connectivity index is 1.82. The molecular formula is C20H27ClO2. The lowest BCUT2D eigenvalue weighted by molar-refractivity contribution is -0.123. The summed E-state index contributed by atoms with van der Waals surface area (Å²) < 4.78 is 0. The third kappa shape index (κ3) is 5.46. The third-order valence-electron chi connectivity index (χ3n) is 5.02. The van der Waals surface area contributed by atoms with Gasteiger partial charge in [0.05, 0.1) is 0 Å². The smallest absolute Gasteiger partial charge is 0.162 e. The van der Waals surface area contributed by atoms with E-state index in [1.807, 2.05) is 31.2 Å². The molecule has 0 aromatic heterocycles. The number of Topliss-reactive ketones (excluding diaryl/α,β-unsaturated/α-hetero) is 2. The second-order valence-corrected chi connectivity index (χ2v) is 7.04. The maximum Gasteiger partial charge on any atom is 0.162 e. The standard InChI is InChI=1S/C20H27ClO2/c1-2-19(22)17-11-7-16(8-12-17)14-20(23)18-9-5-15(6-10-18)4-3-13-21/h7-8,11-12,15,18H,2-6,9-10,13-14H2,1H3. The Bertz CT molecular complexity index is 513. The number of hydrogen-bond acceptors (Lipinski definition) is 2. The van der Waals surface area contributed by atoms with Gasteiger partial charge in [-0.15, -0.1) is 11.6 Å². The number of carbonyl (C=O) groups excluding carboxylic acids is 2. The summed E-state index contributed by atoms with van der Waals surface area (Å²) in [7, 11) is 0. The molecule has 0 aliphatic heterocycles. The van der Waals surface area contributed by atoms with Crippen LogP contribution in [0, 0.1) is 11.8 Å². The summed E-state index contributed by atoms with van der Waals surface area (Å²) in [5, 5.41) is 0. The molecule has 0 unspecified atom stereocenters. The van der Waals surface area contributed by atoms with Crippen LogP contribution in [0.3, 0.4) is 0 Å². The summed E-state index contributed by atoms with van der Waals surface area (Å²) in [5.41, 5.74) is 1.76. The van der Waals surface area contributed by atoms with Gasteiger partial charge in [-0.2, -0.15) is 0 Å². The molecule has 1 fully saturated rings. The average molecular weight is 335 g/mol. The molecule has 1 aliphatic rings. The molecule has 1 aromatic carbocycles. The number of rotatable bonds is 8. The van der Waals surface area contributed by atoms with Crippen molar-refractivity contribution in [1.82, 2.24) is 0 Å². The number of halogens is 1. The molecule has 3 heteroatoms. The van der Waals surface area contributed by atoms with Gasteiger partial charge in [0, 0.05) is 30.2 Å². The van der Waals surface area contributed by atoms with Gasteiger partial charge in [0.25, 0.3) is 0 Å². The Morgan fingerprint density at radius 1 is 1.09 bits per heavy atom. The fourth-order valence-corrected chi connectivity index (χ4v) is 3.65. The SMILES string of the molecule is CCC(=O)c1ccc(CC(=O)C2CCC(CCCCl)CC2)cc1. The van der Waals surface area contributed by atoms with Gasteiger partial charge < -0.3 is 0 Å². The topological polar surface area (TPSA) is 34.1 Å². The van der Waals surface area contributed by atoms with Crippen LogP contribution in [-0.2, 0) is 11.2 Å². The highest BCUT2D eigenvalue weighted by molar-refractivity contribution is 6.17. The van der Waals surface area contributed by atoms with E-state index in [1.165, 1.54) is 6.42 Å². The first-order valence-corrected chi connectivity index (χ1v) is 9.38. The van der Waals surface area contributed by atoms with Gasteiger partial charge in [-0.3, -0.25) is 9.59 Å². The van der Waals surface area contributed by atoms with Gasteiger partial charge >= 0.3 is 0 Å². The molecule has 0 spiro atoms. The highest BCUT2D eigenvalue weighted by atomic mass is 35.5. The molecule has 1 aromatic rings. The Labute approximate surface area is 144 Å². The summed E-state index contributed by atoms with van der Waals surface area (Å²) >= 11 is 5.75. The third-order valence-corrected chi connectivity index (χ3v) is 5.29.